The number of benzene rings is 2. The molecule has 104 valence electrons. The molecule has 4 nitrogen and oxygen atoms in total. The van der Waals surface area contributed by atoms with E-state index in [1.54, 1.807) is 0 Å². The van der Waals surface area contributed by atoms with Crippen LogP contribution in [0.1, 0.15) is 10.4 Å². The molecule has 0 aromatic heterocycles. The number of nitrogens with two attached hydrogens (primary N) is 2. The molecule has 7 heteroatoms. The molecule has 0 aliphatic carbocycles. The molecular formula is C13H10F3N3O. The van der Waals surface area contributed by atoms with E-state index in [9.17, 15) is 18.0 Å². The van der Waals surface area contributed by atoms with Gasteiger partial charge in [-0.15, -0.1) is 0 Å². The first-order chi connectivity index (χ1) is 9.38. The van der Waals surface area contributed by atoms with Crippen molar-refractivity contribution in [1.29, 1.82) is 0 Å². The molecule has 1 amide bonds. The van der Waals surface area contributed by atoms with Gasteiger partial charge < -0.3 is 16.8 Å². The molecule has 2 aromatic carbocycles. The third-order valence-corrected chi connectivity index (χ3v) is 2.60. The summed E-state index contributed by atoms with van der Waals surface area (Å²) in [5.41, 5.74) is 10.5. The van der Waals surface area contributed by atoms with Crippen LogP contribution in [-0.4, -0.2) is 5.91 Å². The maximum Gasteiger partial charge on any atom is 0.248 e. The van der Waals surface area contributed by atoms with Gasteiger partial charge in [0.05, 0.1) is 11.4 Å². The highest BCUT2D eigenvalue weighted by molar-refractivity contribution is 5.95. The Hall–Kier alpha value is -2.70. The number of rotatable bonds is 3. The van der Waals surface area contributed by atoms with E-state index >= 15 is 0 Å². The van der Waals surface area contributed by atoms with Crippen molar-refractivity contribution in [3.05, 3.63) is 53.3 Å². The van der Waals surface area contributed by atoms with Crippen molar-refractivity contribution in [2.45, 2.75) is 0 Å². The van der Waals surface area contributed by atoms with E-state index in [4.69, 9.17) is 11.5 Å². The predicted molar refractivity (Wildman–Crippen MR) is 69.0 cm³/mol. The fourth-order valence-electron chi connectivity index (χ4n) is 1.61. The van der Waals surface area contributed by atoms with Gasteiger partial charge in [-0.3, -0.25) is 4.79 Å². The van der Waals surface area contributed by atoms with Crippen LogP contribution >= 0.6 is 0 Å². The quantitative estimate of drug-likeness (QED) is 0.756. The highest BCUT2D eigenvalue weighted by atomic mass is 19.1. The molecule has 0 fully saturated rings. The highest BCUT2D eigenvalue weighted by Gasteiger charge is 2.13. The fourth-order valence-corrected chi connectivity index (χ4v) is 1.61. The lowest BCUT2D eigenvalue weighted by atomic mass is 10.1. The van der Waals surface area contributed by atoms with Crippen LogP contribution < -0.4 is 16.8 Å². The molecule has 0 unspecified atom stereocenters. The molecule has 0 atom stereocenters. The van der Waals surface area contributed by atoms with Gasteiger partial charge >= 0.3 is 0 Å². The minimum Gasteiger partial charge on any atom is -0.397 e. The number of carbonyl (C=O) groups excluding carboxylic acids is 1. The summed E-state index contributed by atoms with van der Waals surface area (Å²) in [6.07, 6.45) is 0. The van der Waals surface area contributed by atoms with E-state index in [1.165, 1.54) is 18.2 Å². The van der Waals surface area contributed by atoms with Crippen molar-refractivity contribution in [3.63, 3.8) is 0 Å². The second-order valence-electron chi connectivity index (χ2n) is 4.04. The monoisotopic (exact) mass is 281 g/mol. The molecule has 2 aromatic rings. The number of halogens is 3. The van der Waals surface area contributed by atoms with Crippen LogP contribution in [0.2, 0.25) is 0 Å². The van der Waals surface area contributed by atoms with Crippen LogP contribution in [0.3, 0.4) is 0 Å². The Bertz CT molecular complexity index is 666. The van der Waals surface area contributed by atoms with Crippen LogP contribution in [0.5, 0.6) is 0 Å². The number of carbonyl (C=O) groups is 1. The average molecular weight is 281 g/mol. The topological polar surface area (TPSA) is 81.1 Å². The fraction of sp³-hybridized carbons (Fsp3) is 0. The van der Waals surface area contributed by atoms with Crippen LogP contribution in [0.25, 0.3) is 0 Å². The number of amides is 1. The summed E-state index contributed by atoms with van der Waals surface area (Å²) in [5.74, 6) is -3.99. The summed E-state index contributed by atoms with van der Waals surface area (Å²) in [6, 6.07) is 5.04. The highest BCUT2D eigenvalue weighted by Crippen LogP contribution is 2.28. The van der Waals surface area contributed by atoms with E-state index in [-0.39, 0.29) is 16.9 Å². The zero-order valence-electron chi connectivity index (χ0n) is 10.1. The first-order valence-corrected chi connectivity index (χ1v) is 5.49. The van der Waals surface area contributed by atoms with E-state index in [0.717, 1.165) is 0 Å². The maximum absolute atomic E-state index is 13.5. The van der Waals surface area contributed by atoms with Gasteiger partial charge in [0, 0.05) is 17.7 Å². The Morgan fingerprint density at radius 2 is 1.65 bits per heavy atom. The normalized spacial score (nSPS) is 10.3. The average Bonchev–Trinajstić information content (AvgIpc) is 2.35. The Kier molecular flexibility index (Phi) is 3.51. The van der Waals surface area contributed by atoms with Crippen LogP contribution in [-0.2, 0) is 0 Å². The summed E-state index contributed by atoms with van der Waals surface area (Å²) in [5, 5.41) is 2.38. The van der Waals surface area contributed by atoms with Gasteiger partial charge in [0.1, 0.15) is 11.5 Å². The Morgan fingerprint density at radius 3 is 2.20 bits per heavy atom. The van der Waals surface area contributed by atoms with Crippen LogP contribution in [0.4, 0.5) is 30.2 Å². The summed E-state index contributed by atoms with van der Waals surface area (Å²) >= 11 is 0. The third-order valence-electron chi connectivity index (χ3n) is 2.60. The minimum absolute atomic E-state index is 0.0886. The zero-order valence-corrected chi connectivity index (χ0v) is 10.1. The first kappa shape index (κ1) is 13.7. The number of hydrogen-bond acceptors (Lipinski definition) is 3. The molecular weight excluding hydrogens is 271 g/mol. The van der Waals surface area contributed by atoms with Crippen molar-refractivity contribution in [2.24, 2.45) is 5.73 Å². The standard InChI is InChI=1S/C13H10F3N3O/c14-7-4-8(15)12(9(16)5-7)19-11-3-6(13(18)20)1-2-10(11)17/h1-5,19H,17H2,(H2,18,20). The minimum atomic E-state index is -1.12. The number of nitrogens with one attached hydrogen (secondary N) is 1. The van der Waals surface area contributed by atoms with Gasteiger partial charge in [0.2, 0.25) is 5.91 Å². The van der Waals surface area contributed by atoms with Crippen molar-refractivity contribution >= 4 is 23.0 Å². The van der Waals surface area contributed by atoms with Gasteiger partial charge in [-0.2, -0.15) is 0 Å². The SMILES string of the molecule is NC(=O)c1ccc(N)c(Nc2c(F)cc(F)cc2F)c1. The van der Waals surface area contributed by atoms with Crippen LogP contribution in [0, 0.1) is 17.5 Å². The second-order valence-corrected chi connectivity index (χ2v) is 4.04. The maximum atomic E-state index is 13.5. The smallest absolute Gasteiger partial charge is 0.248 e. The van der Waals surface area contributed by atoms with Gasteiger partial charge in [-0.25, -0.2) is 13.2 Å². The van der Waals surface area contributed by atoms with E-state index < -0.39 is 29.0 Å². The van der Waals surface area contributed by atoms with Gasteiger partial charge in [-0.05, 0) is 18.2 Å². The molecule has 2 rings (SSSR count). The Morgan fingerprint density at radius 1 is 1.05 bits per heavy atom. The van der Waals surface area contributed by atoms with Gasteiger partial charge in [0.25, 0.3) is 0 Å². The van der Waals surface area contributed by atoms with E-state index in [2.05, 4.69) is 5.32 Å². The molecule has 5 N–H and O–H groups in total. The zero-order chi connectivity index (χ0) is 14.9. The molecule has 0 aliphatic rings. The van der Waals surface area contributed by atoms with Crippen molar-refractivity contribution < 1.29 is 18.0 Å². The lowest BCUT2D eigenvalue weighted by molar-refractivity contribution is 0.100. The third kappa shape index (κ3) is 2.66. The van der Waals surface area contributed by atoms with Crippen molar-refractivity contribution in [1.82, 2.24) is 0 Å². The molecule has 0 saturated heterocycles. The van der Waals surface area contributed by atoms with Gasteiger partial charge in [0.15, 0.2) is 11.6 Å². The number of nitrogen functional groups attached to an aromatic ring is 1. The van der Waals surface area contributed by atoms with Crippen molar-refractivity contribution in [2.75, 3.05) is 11.1 Å². The summed E-state index contributed by atoms with van der Waals surface area (Å²) in [6.45, 7) is 0. The lowest BCUT2D eigenvalue weighted by Crippen LogP contribution is -2.12. The van der Waals surface area contributed by atoms with E-state index in [1.807, 2.05) is 0 Å². The number of hydrogen-bond donors (Lipinski definition) is 3. The number of primary amides is 1. The Labute approximate surface area is 112 Å². The summed E-state index contributed by atoms with van der Waals surface area (Å²) in [4.78, 5) is 11.1. The molecule has 20 heavy (non-hydrogen) atoms. The summed E-state index contributed by atoms with van der Waals surface area (Å²) < 4.78 is 39.8. The lowest BCUT2D eigenvalue weighted by Gasteiger charge is -2.12. The molecule has 0 radical (unpaired) electrons. The first-order valence-electron chi connectivity index (χ1n) is 5.49. The predicted octanol–water partition coefficient (Wildman–Crippen LogP) is 2.53. The second kappa shape index (κ2) is 5.12. The Balaban J connectivity index is 2.45. The van der Waals surface area contributed by atoms with Gasteiger partial charge in [-0.1, -0.05) is 0 Å². The molecule has 0 bridgehead atoms. The van der Waals surface area contributed by atoms with Crippen molar-refractivity contribution in [3.8, 4) is 0 Å². The van der Waals surface area contributed by atoms with Crippen LogP contribution in [0.15, 0.2) is 30.3 Å². The summed E-state index contributed by atoms with van der Waals surface area (Å²) in [7, 11) is 0. The van der Waals surface area contributed by atoms with E-state index in [0.29, 0.717) is 12.1 Å². The molecule has 0 spiro atoms. The molecule has 0 saturated carbocycles. The molecule has 0 aliphatic heterocycles. The largest absolute Gasteiger partial charge is 0.397 e. The molecule has 0 heterocycles. The number of anilines is 3.